The van der Waals surface area contributed by atoms with Gasteiger partial charge >= 0.3 is 0 Å². The number of nitrogens with zero attached hydrogens (tertiary/aromatic N) is 3. The molecule has 0 aliphatic carbocycles. The summed E-state index contributed by atoms with van der Waals surface area (Å²) < 4.78 is 7.48. The van der Waals surface area contributed by atoms with Gasteiger partial charge in [-0.25, -0.2) is 4.68 Å². The van der Waals surface area contributed by atoms with Crippen molar-refractivity contribution in [1.82, 2.24) is 14.8 Å². The summed E-state index contributed by atoms with van der Waals surface area (Å²) in [5.41, 5.74) is 2.52. The molecular weight excluding hydrogens is 264 g/mol. The van der Waals surface area contributed by atoms with Gasteiger partial charge in [-0.3, -0.25) is 0 Å². The fourth-order valence-electron chi connectivity index (χ4n) is 2.86. The number of fused-ring (bicyclic) bond motifs is 1. The molecule has 0 bridgehead atoms. The first kappa shape index (κ1) is 12.2. The Bertz CT molecular complexity index is 730. The van der Waals surface area contributed by atoms with Crippen LogP contribution in [0.3, 0.4) is 0 Å². The molecular formula is C16H16N4O. The predicted octanol–water partition coefficient (Wildman–Crippen LogP) is 3.33. The number of furan rings is 1. The molecule has 5 heteroatoms. The highest BCUT2D eigenvalue weighted by atomic mass is 16.3. The van der Waals surface area contributed by atoms with E-state index in [-0.39, 0.29) is 12.1 Å². The van der Waals surface area contributed by atoms with Crippen LogP contribution in [-0.4, -0.2) is 14.8 Å². The molecule has 5 nitrogen and oxygen atoms in total. The zero-order valence-electron chi connectivity index (χ0n) is 11.7. The fourth-order valence-corrected chi connectivity index (χ4v) is 2.86. The van der Waals surface area contributed by atoms with Gasteiger partial charge in [0.05, 0.1) is 12.3 Å². The van der Waals surface area contributed by atoms with Crippen molar-refractivity contribution in [2.45, 2.75) is 25.4 Å². The van der Waals surface area contributed by atoms with Crippen molar-refractivity contribution >= 4 is 5.95 Å². The van der Waals surface area contributed by atoms with Crippen LogP contribution in [0.25, 0.3) is 0 Å². The zero-order chi connectivity index (χ0) is 14.2. The number of nitrogens with one attached hydrogen (secondary N) is 1. The summed E-state index contributed by atoms with van der Waals surface area (Å²) >= 11 is 0. The van der Waals surface area contributed by atoms with E-state index in [1.54, 1.807) is 12.6 Å². The number of aromatic nitrogens is 3. The van der Waals surface area contributed by atoms with Gasteiger partial charge in [0.15, 0.2) is 0 Å². The van der Waals surface area contributed by atoms with Crippen molar-refractivity contribution < 1.29 is 4.42 Å². The molecule has 2 unspecified atom stereocenters. The third-order valence-corrected chi connectivity index (χ3v) is 3.98. The van der Waals surface area contributed by atoms with E-state index in [1.807, 2.05) is 16.8 Å². The lowest BCUT2D eigenvalue weighted by molar-refractivity contribution is 0.358. The van der Waals surface area contributed by atoms with E-state index in [4.69, 9.17) is 4.42 Å². The number of rotatable bonds is 2. The summed E-state index contributed by atoms with van der Waals surface area (Å²) in [7, 11) is 0. The lowest BCUT2D eigenvalue weighted by atomic mass is 9.96. The molecule has 0 saturated carbocycles. The average Bonchev–Trinajstić information content (AvgIpc) is 3.18. The molecule has 21 heavy (non-hydrogen) atoms. The van der Waals surface area contributed by atoms with Crippen molar-refractivity contribution in [3.63, 3.8) is 0 Å². The lowest BCUT2D eigenvalue weighted by Gasteiger charge is -2.30. The quantitative estimate of drug-likeness (QED) is 0.782. The second kappa shape index (κ2) is 4.77. The maximum absolute atomic E-state index is 5.59. The highest BCUT2D eigenvalue weighted by Crippen LogP contribution is 2.37. The minimum atomic E-state index is 0.0741. The fraction of sp³-hybridized carbons (Fsp3) is 0.250. The van der Waals surface area contributed by atoms with E-state index < -0.39 is 0 Å². The molecule has 0 radical (unpaired) electrons. The zero-order valence-corrected chi connectivity index (χ0v) is 11.7. The van der Waals surface area contributed by atoms with E-state index in [0.717, 1.165) is 18.1 Å². The molecule has 1 aliphatic heterocycles. The molecule has 106 valence electrons. The Morgan fingerprint density at radius 3 is 2.86 bits per heavy atom. The molecule has 3 aromatic rings. The second-order valence-corrected chi connectivity index (χ2v) is 5.40. The molecule has 3 heterocycles. The van der Waals surface area contributed by atoms with Gasteiger partial charge in [-0.1, -0.05) is 29.8 Å². The number of hydrogen-bond acceptors (Lipinski definition) is 4. The SMILES string of the molecule is Cc1ccc(C2CC(c3ccco3)n3ncnc3N2)cc1. The van der Waals surface area contributed by atoms with Gasteiger partial charge in [-0.05, 0) is 24.6 Å². The van der Waals surface area contributed by atoms with Crippen LogP contribution >= 0.6 is 0 Å². The van der Waals surface area contributed by atoms with Crippen LogP contribution in [0.5, 0.6) is 0 Å². The van der Waals surface area contributed by atoms with Crippen molar-refractivity contribution in [3.05, 3.63) is 65.9 Å². The molecule has 0 saturated heterocycles. The van der Waals surface area contributed by atoms with Gasteiger partial charge in [0.1, 0.15) is 18.1 Å². The monoisotopic (exact) mass is 280 g/mol. The average molecular weight is 280 g/mol. The Morgan fingerprint density at radius 2 is 2.10 bits per heavy atom. The Balaban J connectivity index is 1.72. The van der Waals surface area contributed by atoms with E-state index >= 15 is 0 Å². The highest BCUT2D eigenvalue weighted by molar-refractivity contribution is 5.37. The molecule has 0 spiro atoms. The summed E-state index contributed by atoms with van der Waals surface area (Å²) in [6, 6.07) is 12.8. The maximum atomic E-state index is 5.59. The number of anilines is 1. The number of benzene rings is 1. The van der Waals surface area contributed by atoms with Crippen LogP contribution in [0.4, 0.5) is 5.95 Å². The summed E-state index contributed by atoms with van der Waals surface area (Å²) in [5.74, 6) is 1.70. The lowest BCUT2D eigenvalue weighted by Crippen LogP contribution is -2.27. The first-order valence-corrected chi connectivity index (χ1v) is 7.07. The standard InChI is InChI=1S/C16H16N4O/c1-11-4-6-12(7-5-11)13-9-14(15-3-2-8-21-15)20-16(19-13)17-10-18-20/h2-8,10,13-14H,9H2,1H3,(H,17,18,19). The van der Waals surface area contributed by atoms with E-state index in [9.17, 15) is 0 Å². The van der Waals surface area contributed by atoms with Crippen molar-refractivity contribution in [2.24, 2.45) is 0 Å². The van der Waals surface area contributed by atoms with Crippen LogP contribution in [0.1, 0.15) is 35.4 Å². The molecule has 2 aromatic heterocycles. The molecule has 1 N–H and O–H groups in total. The van der Waals surface area contributed by atoms with Gasteiger partial charge in [-0.2, -0.15) is 10.1 Å². The van der Waals surface area contributed by atoms with E-state index in [0.29, 0.717) is 0 Å². The number of aryl methyl sites for hydroxylation is 1. The second-order valence-electron chi connectivity index (χ2n) is 5.40. The Hall–Kier alpha value is -2.56. The molecule has 0 fully saturated rings. The van der Waals surface area contributed by atoms with Crippen LogP contribution in [0.2, 0.25) is 0 Å². The largest absolute Gasteiger partial charge is 0.467 e. The predicted molar refractivity (Wildman–Crippen MR) is 79.0 cm³/mol. The maximum Gasteiger partial charge on any atom is 0.222 e. The summed E-state index contributed by atoms with van der Waals surface area (Å²) in [6.07, 6.45) is 4.16. The van der Waals surface area contributed by atoms with Crippen LogP contribution in [0.15, 0.2) is 53.4 Å². The Morgan fingerprint density at radius 1 is 1.24 bits per heavy atom. The van der Waals surface area contributed by atoms with Crippen molar-refractivity contribution in [1.29, 1.82) is 0 Å². The van der Waals surface area contributed by atoms with Crippen molar-refractivity contribution in [2.75, 3.05) is 5.32 Å². The van der Waals surface area contributed by atoms with Gasteiger partial charge in [-0.15, -0.1) is 0 Å². The minimum Gasteiger partial charge on any atom is -0.467 e. The number of hydrogen-bond donors (Lipinski definition) is 1. The molecule has 2 atom stereocenters. The summed E-state index contributed by atoms with van der Waals surface area (Å²) in [4.78, 5) is 4.31. The topological polar surface area (TPSA) is 55.9 Å². The van der Waals surface area contributed by atoms with Gasteiger partial charge < -0.3 is 9.73 Å². The van der Waals surface area contributed by atoms with Crippen LogP contribution in [-0.2, 0) is 0 Å². The molecule has 4 rings (SSSR count). The third-order valence-electron chi connectivity index (χ3n) is 3.98. The Kier molecular flexibility index (Phi) is 2.77. The van der Waals surface area contributed by atoms with Gasteiger partial charge in [0, 0.05) is 6.42 Å². The normalized spacial score (nSPS) is 20.8. The molecule has 0 amide bonds. The Labute approximate surface area is 122 Å². The summed E-state index contributed by atoms with van der Waals surface area (Å²) in [5, 5.41) is 7.77. The smallest absolute Gasteiger partial charge is 0.222 e. The van der Waals surface area contributed by atoms with Crippen molar-refractivity contribution in [3.8, 4) is 0 Å². The van der Waals surface area contributed by atoms with E-state index in [1.165, 1.54) is 11.1 Å². The van der Waals surface area contributed by atoms with Gasteiger partial charge in [0.2, 0.25) is 5.95 Å². The minimum absolute atomic E-state index is 0.0741. The molecule has 1 aromatic carbocycles. The first-order chi connectivity index (χ1) is 10.3. The van der Waals surface area contributed by atoms with Crippen LogP contribution < -0.4 is 5.32 Å². The van der Waals surface area contributed by atoms with E-state index in [2.05, 4.69) is 46.6 Å². The highest BCUT2D eigenvalue weighted by Gasteiger charge is 2.31. The first-order valence-electron chi connectivity index (χ1n) is 7.07. The summed E-state index contributed by atoms with van der Waals surface area (Å²) in [6.45, 7) is 2.10. The molecule has 1 aliphatic rings. The third kappa shape index (κ3) is 2.11. The van der Waals surface area contributed by atoms with Crippen LogP contribution in [0, 0.1) is 6.92 Å². The van der Waals surface area contributed by atoms with Gasteiger partial charge in [0.25, 0.3) is 0 Å².